The average Bonchev–Trinajstić information content (AvgIpc) is 3.21. The molecule has 1 saturated heterocycles. The standard InChI is InChI=1S/C24H29N3O2/c1-2-23(28)27-13-11-20-18-21(8-9-22(20)27)24(29)26-16-14-25(15-17-26)12-10-19-6-4-3-5-7-19/h3-9,18H,2,10-17H2,1H3. The lowest BCUT2D eigenvalue weighted by molar-refractivity contribution is -0.118. The van der Waals surface area contributed by atoms with E-state index in [1.54, 1.807) is 0 Å². The number of piperazine rings is 1. The Kier molecular flexibility index (Phi) is 5.95. The summed E-state index contributed by atoms with van der Waals surface area (Å²) >= 11 is 0. The number of carbonyl (C=O) groups excluding carboxylic acids is 2. The first-order chi connectivity index (χ1) is 14.2. The molecule has 0 unspecified atom stereocenters. The summed E-state index contributed by atoms with van der Waals surface area (Å²) in [4.78, 5) is 31.3. The van der Waals surface area contributed by atoms with E-state index in [9.17, 15) is 9.59 Å². The van der Waals surface area contributed by atoms with E-state index in [0.29, 0.717) is 6.42 Å². The molecule has 2 amide bonds. The Morgan fingerprint density at radius 3 is 2.41 bits per heavy atom. The van der Waals surface area contributed by atoms with Gasteiger partial charge in [-0.1, -0.05) is 37.3 Å². The summed E-state index contributed by atoms with van der Waals surface area (Å²) in [6, 6.07) is 16.4. The molecule has 0 N–H and O–H groups in total. The van der Waals surface area contributed by atoms with Gasteiger partial charge < -0.3 is 9.80 Å². The summed E-state index contributed by atoms with van der Waals surface area (Å²) < 4.78 is 0. The lowest BCUT2D eigenvalue weighted by Gasteiger charge is -2.35. The SMILES string of the molecule is CCC(=O)N1CCc2cc(C(=O)N3CCN(CCc4ccccc4)CC3)ccc21. The Hall–Kier alpha value is -2.66. The molecule has 4 rings (SSSR count). The number of hydrogen-bond acceptors (Lipinski definition) is 3. The zero-order valence-corrected chi connectivity index (χ0v) is 17.1. The van der Waals surface area contributed by atoms with Crippen LogP contribution in [0.1, 0.15) is 34.8 Å². The van der Waals surface area contributed by atoms with Crippen molar-refractivity contribution in [1.29, 1.82) is 0 Å². The lowest BCUT2D eigenvalue weighted by Crippen LogP contribution is -2.49. The highest BCUT2D eigenvalue weighted by molar-refractivity contribution is 5.98. The van der Waals surface area contributed by atoms with Gasteiger partial charge in [0.1, 0.15) is 0 Å². The maximum absolute atomic E-state index is 13.0. The molecular weight excluding hydrogens is 362 g/mol. The molecule has 1 fully saturated rings. The third-order valence-electron chi connectivity index (χ3n) is 6.04. The Bertz CT molecular complexity index is 873. The van der Waals surface area contributed by atoms with Gasteiger partial charge in [-0.05, 0) is 42.2 Å². The molecule has 2 aromatic rings. The van der Waals surface area contributed by atoms with Crippen molar-refractivity contribution in [3.63, 3.8) is 0 Å². The van der Waals surface area contributed by atoms with Gasteiger partial charge in [-0.3, -0.25) is 14.5 Å². The molecule has 29 heavy (non-hydrogen) atoms. The largest absolute Gasteiger partial charge is 0.336 e. The molecule has 5 heteroatoms. The number of carbonyl (C=O) groups is 2. The normalized spacial score (nSPS) is 16.7. The van der Waals surface area contributed by atoms with Gasteiger partial charge in [-0.25, -0.2) is 0 Å². The van der Waals surface area contributed by atoms with Gasteiger partial charge in [0, 0.05) is 56.9 Å². The van der Waals surface area contributed by atoms with Crippen LogP contribution in [0.15, 0.2) is 48.5 Å². The molecule has 0 saturated carbocycles. The van der Waals surface area contributed by atoms with Gasteiger partial charge in [0.15, 0.2) is 0 Å². The minimum atomic E-state index is 0.107. The maximum Gasteiger partial charge on any atom is 0.253 e. The van der Waals surface area contributed by atoms with Crippen molar-refractivity contribution >= 4 is 17.5 Å². The molecule has 0 aliphatic carbocycles. The number of benzene rings is 2. The number of fused-ring (bicyclic) bond motifs is 1. The van der Waals surface area contributed by atoms with Crippen LogP contribution in [-0.2, 0) is 17.6 Å². The molecule has 0 atom stereocenters. The summed E-state index contributed by atoms with van der Waals surface area (Å²) in [5.41, 5.74) is 4.19. The van der Waals surface area contributed by atoms with Crippen LogP contribution in [0.4, 0.5) is 5.69 Å². The van der Waals surface area contributed by atoms with Crippen molar-refractivity contribution in [3.8, 4) is 0 Å². The fourth-order valence-corrected chi connectivity index (χ4v) is 4.27. The van der Waals surface area contributed by atoms with Crippen LogP contribution >= 0.6 is 0 Å². The predicted octanol–water partition coefficient (Wildman–Crippen LogP) is 2.99. The van der Waals surface area contributed by atoms with Gasteiger partial charge >= 0.3 is 0 Å². The van der Waals surface area contributed by atoms with Crippen LogP contribution in [-0.4, -0.2) is 60.9 Å². The molecule has 152 valence electrons. The molecule has 0 spiro atoms. The van der Waals surface area contributed by atoms with Crippen LogP contribution in [0.5, 0.6) is 0 Å². The van der Waals surface area contributed by atoms with Crippen molar-refractivity contribution in [2.75, 3.05) is 44.2 Å². The molecule has 2 heterocycles. The Balaban J connectivity index is 1.32. The molecule has 0 radical (unpaired) electrons. The van der Waals surface area contributed by atoms with Crippen molar-refractivity contribution in [2.45, 2.75) is 26.2 Å². The quantitative estimate of drug-likeness (QED) is 0.787. The fourth-order valence-electron chi connectivity index (χ4n) is 4.27. The highest BCUT2D eigenvalue weighted by atomic mass is 16.2. The van der Waals surface area contributed by atoms with Crippen LogP contribution in [0.2, 0.25) is 0 Å². The van der Waals surface area contributed by atoms with E-state index in [0.717, 1.165) is 68.9 Å². The first kappa shape index (κ1) is 19.6. The smallest absolute Gasteiger partial charge is 0.253 e. The van der Waals surface area contributed by atoms with E-state index in [2.05, 4.69) is 29.2 Å². The summed E-state index contributed by atoms with van der Waals surface area (Å²) in [6.45, 7) is 7.02. The number of anilines is 1. The third-order valence-corrected chi connectivity index (χ3v) is 6.04. The van der Waals surface area contributed by atoms with Crippen molar-refractivity contribution in [1.82, 2.24) is 9.80 Å². The number of amides is 2. The van der Waals surface area contributed by atoms with Crippen molar-refractivity contribution in [2.24, 2.45) is 0 Å². The van der Waals surface area contributed by atoms with Gasteiger partial charge in [-0.15, -0.1) is 0 Å². The van der Waals surface area contributed by atoms with Crippen LogP contribution in [0.25, 0.3) is 0 Å². The Morgan fingerprint density at radius 2 is 1.69 bits per heavy atom. The molecule has 0 aromatic heterocycles. The van der Waals surface area contributed by atoms with Gasteiger partial charge in [0.25, 0.3) is 5.91 Å². The van der Waals surface area contributed by atoms with E-state index in [1.807, 2.05) is 41.0 Å². The zero-order valence-electron chi connectivity index (χ0n) is 17.1. The number of hydrogen-bond donors (Lipinski definition) is 0. The van der Waals surface area contributed by atoms with E-state index in [-0.39, 0.29) is 11.8 Å². The Labute approximate surface area is 172 Å². The predicted molar refractivity (Wildman–Crippen MR) is 115 cm³/mol. The number of nitrogens with zero attached hydrogens (tertiary/aromatic N) is 3. The molecule has 0 bridgehead atoms. The van der Waals surface area contributed by atoms with E-state index >= 15 is 0 Å². The maximum atomic E-state index is 13.0. The van der Waals surface area contributed by atoms with Crippen LogP contribution in [0.3, 0.4) is 0 Å². The highest BCUT2D eigenvalue weighted by Crippen LogP contribution is 2.29. The average molecular weight is 392 g/mol. The van der Waals surface area contributed by atoms with Gasteiger partial charge in [0.05, 0.1) is 0 Å². The second kappa shape index (κ2) is 8.78. The molecule has 2 aliphatic rings. The minimum absolute atomic E-state index is 0.107. The monoisotopic (exact) mass is 391 g/mol. The first-order valence-electron chi connectivity index (χ1n) is 10.6. The van der Waals surface area contributed by atoms with Gasteiger partial charge in [-0.2, -0.15) is 0 Å². The minimum Gasteiger partial charge on any atom is -0.336 e. The molecular formula is C24H29N3O2. The number of rotatable bonds is 5. The molecule has 5 nitrogen and oxygen atoms in total. The summed E-state index contributed by atoms with van der Waals surface area (Å²) in [7, 11) is 0. The first-order valence-corrected chi connectivity index (χ1v) is 10.6. The summed E-state index contributed by atoms with van der Waals surface area (Å²) in [5.74, 6) is 0.255. The van der Waals surface area contributed by atoms with E-state index < -0.39 is 0 Å². The van der Waals surface area contributed by atoms with E-state index in [1.165, 1.54) is 5.56 Å². The summed E-state index contributed by atoms with van der Waals surface area (Å²) in [6.07, 6.45) is 2.39. The molecule has 2 aliphatic heterocycles. The highest BCUT2D eigenvalue weighted by Gasteiger charge is 2.26. The topological polar surface area (TPSA) is 43.9 Å². The zero-order chi connectivity index (χ0) is 20.2. The fraction of sp³-hybridized carbons (Fsp3) is 0.417. The lowest BCUT2D eigenvalue weighted by atomic mass is 10.1. The second-order valence-corrected chi connectivity index (χ2v) is 7.86. The van der Waals surface area contributed by atoms with E-state index in [4.69, 9.17) is 0 Å². The van der Waals surface area contributed by atoms with Crippen molar-refractivity contribution in [3.05, 3.63) is 65.2 Å². The Morgan fingerprint density at radius 1 is 0.931 bits per heavy atom. The van der Waals surface area contributed by atoms with Crippen molar-refractivity contribution < 1.29 is 9.59 Å². The molecule has 2 aromatic carbocycles. The van der Waals surface area contributed by atoms with Crippen LogP contribution < -0.4 is 4.90 Å². The van der Waals surface area contributed by atoms with Gasteiger partial charge in [0.2, 0.25) is 5.91 Å². The third kappa shape index (κ3) is 4.35. The van der Waals surface area contributed by atoms with Crippen LogP contribution in [0, 0.1) is 0 Å². The second-order valence-electron chi connectivity index (χ2n) is 7.86. The summed E-state index contributed by atoms with van der Waals surface area (Å²) in [5, 5.41) is 0.